The number of hydrogen-bond acceptors (Lipinski definition) is 17. The third-order valence-corrected chi connectivity index (χ3v) is 16.2. The smallest absolute Gasteiger partial charge is 0.307 e. The zero-order valence-electron chi connectivity index (χ0n) is 51.9. The molecule has 2 aliphatic rings. The van der Waals surface area contributed by atoms with E-state index in [1.165, 1.54) is 17.2 Å². The SMILES string of the molecule is CCC[C@H](NC(=O)[C@@H](C)C[C@H](Cc1ccccc1)NC(=O)c1csc([C@@H](C[C@H](C(C)C)N(COC(=O)CC(C)C)C(=O)[C@@H](NC(=O)[C@H]2CCCCN2C)[C@@H](C)CC)OC(C)=O)n1)C(=O)N[C@H](CC(=O)O)C(=O)NCCNC(=O)CCN1C(=O)C=CC1=O. The molecule has 3 heterocycles. The Kier molecular flexibility index (Phi) is 29.6. The van der Waals surface area contributed by atoms with Crippen molar-refractivity contribution >= 4 is 82.4 Å². The van der Waals surface area contributed by atoms with Crippen molar-refractivity contribution in [3.05, 3.63) is 64.1 Å². The van der Waals surface area contributed by atoms with Crippen molar-refractivity contribution in [2.24, 2.45) is 23.7 Å². The minimum Gasteiger partial charge on any atom is -0.481 e. The topological polar surface area (TPSA) is 338 Å². The van der Waals surface area contributed by atoms with Gasteiger partial charge in [-0.25, -0.2) is 4.98 Å². The van der Waals surface area contributed by atoms with E-state index in [2.05, 4.69) is 36.9 Å². The van der Waals surface area contributed by atoms with Gasteiger partial charge in [0.1, 0.15) is 28.8 Å². The number of esters is 2. The number of amides is 9. The molecule has 2 aliphatic heterocycles. The second-order valence-corrected chi connectivity index (χ2v) is 24.1. The van der Waals surface area contributed by atoms with Gasteiger partial charge in [-0.15, -0.1) is 11.3 Å². The molecule has 9 atom stereocenters. The monoisotopic (exact) mass is 1230 g/mol. The average Bonchev–Trinajstić information content (AvgIpc) is 4.18. The Morgan fingerprint density at radius 1 is 0.816 bits per heavy atom. The second-order valence-electron chi connectivity index (χ2n) is 23.2. The van der Waals surface area contributed by atoms with Crippen molar-refractivity contribution in [2.75, 3.05) is 40.0 Å². The summed E-state index contributed by atoms with van der Waals surface area (Å²) >= 11 is 1.06. The Morgan fingerprint density at radius 2 is 1.48 bits per heavy atom. The number of carbonyl (C=O) groups excluding carboxylic acids is 11. The number of aliphatic carboxylic acids is 1. The predicted molar refractivity (Wildman–Crippen MR) is 321 cm³/mol. The highest BCUT2D eigenvalue weighted by molar-refractivity contribution is 7.09. The van der Waals surface area contributed by atoms with Crippen LogP contribution in [0.15, 0.2) is 47.9 Å². The number of nitrogens with zero attached hydrogens (tertiary/aromatic N) is 4. The number of nitrogens with one attached hydrogen (secondary N) is 6. The average molecular weight is 1240 g/mol. The first-order chi connectivity index (χ1) is 41.2. The fraction of sp³-hybridized carbons (Fsp3) is 0.623. The van der Waals surface area contributed by atoms with Crippen LogP contribution < -0.4 is 31.9 Å². The summed E-state index contributed by atoms with van der Waals surface area (Å²) in [7, 11) is 1.88. The van der Waals surface area contributed by atoms with Crippen LogP contribution in [-0.2, 0) is 68.6 Å². The van der Waals surface area contributed by atoms with Crippen LogP contribution in [0.4, 0.5) is 0 Å². The van der Waals surface area contributed by atoms with Crippen LogP contribution in [0, 0.1) is 23.7 Å². The highest BCUT2D eigenvalue weighted by Gasteiger charge is 2.40. The standard InChI is InChI=1S/C61H90N10O15S/c1-11-18-43(57(81)66-44(32-52(76)77)56(80)63-26-25-62-49(73)24-28-70-50(74)22-23-51(70)75)65-55(79)39(8)30-42(31-41-19-14-13-15-20-41)64-58(82)45-34-87-60(67-45)48(86-40(9)72)33-47(37(5)6)71(35-85-53(78)29-36(3)4)61(84)54(38(7)12-2)68-59(83)46-21-16-17-27-69(46)10/h13-15,19-20,22-23,34,36-39,42-44,46-48,54H,11-12,16-18,21,24-33,35H2,1-10H3,(H,62,73)(H,63,80)(H,64,82)(H,65,79)(H,66,81)(H,68,83)(H,76,77)/t38-,39-,42+,43-,44+,46+,47+,48+,54-/m0/s1. The van der Waals surface area contributed by atoms with Crippen molar-refractivity contribution in [2.45, 2.75) is 182 Å². The van der Waals surface area contributed by atoms with E-state index in [9.17, 15) is 57.8 Å². The lowest BCUT2D eigenvalue weighted by atomic mass is 9.92. The molecule has 0 bridgehead atoms. The lowest BCUT2D eigenvalue weighted by molar-refractivity contribution is -0.161. The van der Waals surface area contributed by atoms with Gasteiger partial charge in [0, 0.05) is 81.4 Å². The zero-order chi connectivity index (χ0) is 64.5. The number of imide groups is 1. The molecule has 0 unspecified atom stereocenters. The van der Waals surface area contributed by atoms with E-state index in [0.29, 0.717) is 19.3 Å². The molecule has 1 saturated heterocycles. The molecule has 26 heteroatoms. The maximum atomic E-state index is 15.1. The first kappa shape index (κ1) is 71.9. The van der Waals surface area contributed by atoms with Gasteiger partial charge in [0.15, 0.2) is 12.8 Å². The van der Waals surface area contributed by atoms with Gasteiger partial charge in [0.05, 0.1) is 12.5 Å². The van der Waals surface area contributed by atoms with Gasteiger partial charge < -0.3 is 51.4 Å². The quantitative estimate of drug-likeness (QED) is 0.0221. The Morgan fingerprint density at radius 3 is 2.09 bits per heavy atom. The number of benzene rings is 1. The van der Waals surface area contributed by atoms with Gasteiger partial charge >= 0.3 is 17.9 Å². The number of piperidine rings is 1. The van der Waals surface area contributed by atoms with Gasteiger partial charge in [0.25, 0.3) is 17.7 Å². The Bertz CT molecular complexity index is 2720. The normalized spacial score (nSPS) is 17.0. The van der Waals surface area contributed by atoms with Crippen LogP contribution in [0.25, 0.3) is 0 Å². The molecule has 7 N–H and O–H groups in total. The van der Waals surface area contributed by atoms with E-state index < -0.39 is 127 Å². The van der Waals surface area contributed by atoms with Gasteiger partial charge in [-0.3, -0.25) is 67.3 Å². The van der Waals surface area contributed by atoms with Crippen LogP contribution in [-0.4, -0.2) is 172 Å². The fourth-order valence-corrected chi connectivity index (χ4v) is 11.0. The molecule has 1 fully saturated rings. The molecule has 4 rings (SSSR count). The van der Waals surface area contributed by atoms with Crippen LogP contribution in [0.1, 0.15) is 160 Å². The summed E-state index contributed by atoms with van der Waals surface area (Å²) in [6.45, 7) is 15.8. The minimum absolute atomic E-state index is 0.0288. The van der Waals surface area contributed by atoms with Crippen LogP contribution in [0.2, 0.25) is 0 Å². The van der Waals surface area contributed by atoms with Gasteiger partial charge in [-0.05, 0) is 69.0 Å². The van der Waals surface area contributed by atoms with E-state index in [0.717, 1.165) is 53.3 Å². The molecule has 480 valence electrons. The Balaban J connectivity index is 1.51. The molecular formula is C61H90N10O15S. The van der Waals surface area contributed by atoms with Crippen molar-refractivity contribution < 1.29 is 72.1 Å². The van der Waals surface area contributed by atoms with E-state index in [1.54, 1.807) is 13.8 Å². The number of rotatable bonds is 36. The first-order valence-corrected chi connectivity index (χ1v) is 31.0. The summed E-state index contributed by atoms with van der Waals surface area (Å²) in [5.41, 5.74) is 0.799. The highest BCUT2D eigenvalue weighted by atomic mass is 32.1. The molecule has 0 spiro atoms. The first-order valence-electron chi connectivity index (χ1n) is 30.1. The Labute approximate surface area is 513 Å². The summed E-state index contributed by atoms with van der Waals surface area (Å²) < 4.78 is 11.7. The number of likely N-dealkylation sites (tertiary alicyclic amines) is 1. The number of aromatic nitrogens is 1. The highest BCUT2D eigenvalue weighted by Crippen LogP contribution is 2.32. The molecule has 1 aromatic carbocycles. The number of carbonyl (C=O) groups is 12. The van der Waals surface area contributed by atoms with Crippen molar-refractivity contribution in [1.29, 1.82) is 0 Å². The maximum absolute atomic E-state index is 15.1. The summed E-state index contributed by atoms with van der Waals surface area (Å²) in [4.78, 5) is 167. The van der Waals surface area contributed by atoms with Gasteiger partial charge in [-0.2, -0.15) is 0 Å². The van der Waals surface area contributed by atoms with Crippen LogP contribution in [0.3, 0.4) is 0 Å². The van der Waals surface area contributed by atoms with Gasteiger partial charge in [0.2, 0.25) is 35.4 Å². The lowest BCUT2D eigenvalue weighted by Gasteiger charge is -2.39. The molecule has 9 amide bonds. The minimum atomic E-state index is -1.57. The van der Waals surface area contributed by atoms with Gasteiger partial charge in [-0.1, -0.05) is 105 Å². The van der Waals surface area contributed by atoms with Crippen LogP contribution in [0.5, 0.6) is 0 Å². The second kappa shape index (κ2) is 35.9. The molecule has 0 radical (unpaired) electrons. The number of carboxylic acid groups (broad SMARTS) is 1. The third-order valence-electron chi connectivity index (χ3n) is 15.2. The number of ether oxygens (including phenoxy) is 2. The number of carboxylic acids is 1. The summed E-state index contributed by atoms with van der Waals surface area (Å²) in [5.74, 6) is -9.32. The van der Waals surface area contributed by atoms with E-state index >= 15 is 4.79 Å². The number of thiazole rings is 1. The summed E-state index contributed by atoms with van der Waals surface area (Å²) in [6.07, 6.45) is 4.00. The Hall–Kier alpha value is -7.61. The van der Waals surface area contributed by atoms with Crippen molar-refractivity contribution in [3.8, 4) is 0 Å². The summed E-state index contributed by atoms with van der Waals surface area (Å²) in [6, 6.07) is 3.56. The zero-order valence-corrected chi connectivity index (χ0v) is 52.7. The third kappa shape index (κ3) is 23.5. The lowest BCUT2D eigenvalue weighted by Crippen LogP contribution is -2.59. The van der Waals surface area contributed by atoms with Crippen molar-refractivity contribution in [1.82, 2.24) is 51.6 Å². The molecular weight excluding hydrogens is 1140 g/mol. The molecule has 0 aliphatic carbocycles. The van der Waals surface area contributed by atoms with E-state index in [4.69, 9.17) is 9.47 Å². The van der Waals surface area contributed by atoms with E-state index in [1.807, 2.05) is 83.8 Å². The fourth-order valence-electron chi connectivity index (χ4n) is 10.2. The van der Waals surface area contributed by atoms with Crippen molar-refractivity contribution in [3.63, 3.8) is 0 Å². The molecule has 25 nitrogen and oxygen atoms in total. The van der Waals surface area contributed by atoms with E-state index in [-0.39, 0.29) is 92.5 Å². The summed E-state index contributed by atoms with van der Waals surface area (Å²) in [5, 5.41) is 27.6. The van der Waals surface area contributed by atoms with Crippen LogP contribution >= 0.6 is 11.3 Å². The largest absolute Gasteiger partial charge is 0.481 e. The molecule has 87 heavy (non-hydrogen) atoms. The predicted octanol–water partition coefficient (Wildman–Crippen LogP) is 3.71. The molecule has 1 aromatic heterocycles. The molecule has 0 saturated carbocycles. The number of likely N-dealkylation sites (N-methyl/N-ethyl adjacent to an activating group) is 1. The number of hydrogen-bond donors (Lipinski definition) is 7. The maximum Gasteiger partial charge on any atom is 0.307 e. The molecule has 2 aromatic rings.